The number of nitrogens with two attached hydrogens (primary N) is 1. The zero-order valence-electron chi connectivity index (χ0n) is 20.4. The maximum absolute atomic E-state index is 11.6. The third-order valence-electron chi connectivity index (χ3n) is 5.37. The van der Waals surface area contributed by atoms with Crippen LogP contribution < -0.4 is 26.6 Å². The van der Waals surface area contributed by atoms with Gasteiger partial charge in [-0.2, -0.15) is 15.0 Å². The molecule has 3 rings (SSSR count). The molecule has 0 aliphatic carbocycles. The highest BCUT2D eigenvalue weighted by atomic mass is 16.5. The Balaban J connectivity index is 1.89. The second-order valence-electron chi connectivity index (χ2n) is 9.86. The molecule has 1 saturated heterocycles. The molecule has 0 spiro atoms. The number of carbonyl (C=O) groups is 1. The predicted octanol–water partition coefficient (Wildman–Crippen LogP) is 2.29. The van der Waals surface area contributed by atoms with E-state index >= 15 is 0 Å². The number of amides is 1. The van der Waals surface area contributed by atoms with E-state index in [1.807, 2.05) is 24.9 Å². The summed E-state index contributed by atoms with van der Waals surface area (Å²) in [4.78, 5) is 27.6. The van der Waals surface area contributed by atoms with Gasteiger partial charge in [0, 0.05) is 50.6 Å². The molecule has 10 nitrogen and oxygen atoms in total. The standard InChI is InChI=1S/C23H36N8O2/c1-14-7-8-15(19(24)32)9-18(14)27-21-28-20(26-16-10-17(12-33-6)25-11-16)29-22(30-21)31(5)13-23(2,3)4/h7-9,16-17,25H,10-13H2,1-6H3,(H2,24,32)(H2,26,27,28,29,30)/t16-,17-/m0/s1. The van der Waals surface area contributed by atoms with Crippen molar-refractivity contribution in [2.24, 2.45) is 11.1 Å². The van der Waals surface area contributed by atoms with E-state index in [9.17, 15) is 4.79 Å². The van der Waals surface area contributed by atoms with E-state index in [-0.39, 0.29) is 11.5 Å². The maximum atomic E-state index is 11.6. The van der Waals surface area contributed by atoms with Gasteiger partial charge in [-0.1, -0.05) is 26.8 Å². The van der Waals surface area contributed by atoms with Crippen LogP contribution in [0.5, 0.6) is 0 Å². The van der Waals surface area contributed by atoms with Crippen LogP contribution in [-0.2, 0) is 4.74 Å². The number of nitrogens with zero attached hydrogens (tertiary/aromatic N) is 4. The summed E-state index contributed by atoms with van der Waals surface area (Å²) in [6, 6.07) is 5.74. The van der Waals surface area contributed by atoms with Gasteiger partial charge in [0.05, 0.1) is 6.61 Å². The number of hydrogen-bond donors (Lipinski definition) is 4. The largest absolute Gasteiger partial charge is 0.383 e. The maximum Gasteiger partial charge on any atom is 0.248 e. The number of anilines is 4. The molecule has 33 heavy (non-hydrogen) atoms. The Morgan fingerprint density at radius 1 is 1.27 bits per heavy atom. The van der Waals surface area contributed by atoms with Gasteiger partial charge in [-0.3, -0.25) is 4.79 Å². The van der Waals surface area contributed by atoms with Crippen molar-refractivity contribution < 1.29 is 9.53 Å². The summed E-state index contributed by atoms with van der Waals surface area (Å²) < 4.78 is 5.26. The fourth-order valence-corrected chi connectivity index (χ4v) is 3.91. The highest BCUT2D eigenvalue weighted by Crippen LogP contribution is 2.24. The molecule has 1 aliphatic rings. The summed E-state index contributed by atoms with van der Waals surface area (Å²) >= 11 is 0. The number of aryl methyl sites for hydroxylation is 1. The molecule has 1 amide bonds. The van der Waals surface area contributed by atoms with Crippen molar-refractivity contribution in [3.63, 3.8) is 0 Å². The molecule has 1 aliphatic heterocycles. The quantitative estimate of drug-likeness (QED) is 0.449. The number of nitrogens with one attached hydrogen (secondary N) is 3. The van der Waals surface area contributed by atoms with E-state index in [2.05, 4.69) is 51.7 Å². The van der Waals surface area contributed by atoms with E-state index in [0.717, 1.165) is 30.8 Å². The fourth-order valence-electron chi connectivity index (χ4n) is 3.91. The normalized spacial score (nSPS) is 18.2. The zero-order chi connectivity index (χ0) is 24.2. The van der Waals surface area contributed by atoms with Crippen LogP contribution in [0.1, 0.15) is 43.1 Å². The van der Waals surface area contributed by atoms with E-state index in [1.54, 1.807) is 19.2 Å². The number of ether oxygens (including phenoxy) is 1. The molecule has 0 unspecified atom stereocenters. The molecule has 10 heteroatoms. The fraction of sp³-hybridized carbons (Fsp3) is 0.565. The lowest BCUT2D eigenvalue weighted by Crippen LogP contribution is -2.31. The lowest BCUT2D eigenvalue weighted by molar-refractivity contribution is 0.100. The Morgan fingerprint density at radius 2 is 2.00 bits per heavy atom. The van der Waals surface area contributed by atoms with Crippen molar-refractivity contribution in [1.82, 2.24) is 20.3 Å². The van der Waals surface area contributed by atoms with Crippen LogP contribution in [0.15, 0.2) is 18.2 Å². The summed E-state index contributed by atoms with van der Waals surface area (Å²) in [5.41, 5.74) is 7.61. The van der Waals surface area contributed by atoms with E-state index < -0.39 is 5.91 Å². The van der Waals surface area contributed by atoms with Crippen LogP contribution in [0.2, 0.25) is 0 Å². The van der Waals surface area contributed by atoms with Crippen LogP contribution in [0.3, 0.4) is 0 Å². The van der Waals surface area contributed by atoms with Gasteiger partial charge < -0.3 is 31.3 Å². The molecule has 1 fully saturated rings. The van der Waals surface area contributed by atoms with Crippen molar-refractivity contribution in [1.29, 1.82) is 0 Å². The van der Waals surface area contributed by atoms with Crippen molar-refractivity contribution in [2.45, 2.75) is 46.2 Å². The van der Waals surface area contributed by atoms with Gasteiger partial charge in [0.25, 0.3) is 0 Å². The molecule has 2 heterocycles. The summed E-state index contributed by atoms with van der Waals surface area (Å²) in [7, 11) is 3.68. The molecule has 2 atom stereocenters. The number of benzene rings is 1. The number of primary amides is 1. The second-order valence-corrected chi connectivity index (χ2v) is 9.86. The van der Waals surface area contributed by atoms with Gasteiger partial charge in [0.2, 0.25) is 23.8 Å². The Morgan fingerprint density at radius 3 is 2.67 bits per heavy atom. The van der Waals surface area contributed by atoms with Crippen molar-refractivity contribution in [3.05, 3.63) is 29.3 Å². The molecule has 0 bridgehead atoms. The van der Waals surface area contributed by atoms with Gasteiger partial charge >= 0.3 is 0 Å². The Kier molecular flexibility index (Phi) is 7.70. The molecule has 2 aromatic rings. The highest BCUT2D eigenvalue weighted by Gasteiger charge is 2.25. The minimum atomic E-state index is -0.485. The van der Waals surface area contributed by atoms with E-state index in [4.69, 9.17) is 10.5 Å². The summed E-state index contributed by atoms with van der Waals surface area (Å²) in [5.74, 6) is 0.971. The first-order valence-corrected chi connectivity index (χ1v) is 11.2. The van der Waals surface area contributed by atoms with Gasteiger partial charge in [-0.15, -0.1) is 0 Å². The summed E-state index contributed by atoms with van der Waals surface area (Å²) in [5, 5.41) is 10.1. The van der Waals surface area contributed by atoms with E-state index in [1.165, 1.54) is 0 Å². The number of rotatable bonds is 9. The van der Waals surface area contributed by atoms with Crippen LogP contribution in [0, 0.1) is 12.3 Å². The lowest BCUT2D eigenvalue weighted by Gasteiger charge is -2.27. The monoisotopic (exact) mass is 456 g/mol. The van der Waals surface area contributed by atoms with E-state index in [0.29, 0.717) is 36.1 Å². The van der Waals surface area contributed by atoms with Gasteiger partial charge in [0.15, 0.2) is 0 Å². The summed E-state index contributed by atoms with van der Waals surface area (Å²) in [6.07, 6.45) is 0.912. The Labute approximate surface area is 195 Å². The molecular formula is C23H36N8O2. The van der Waals surface area contributed by atoms with Crippen LogP contribution in [-0.4, -0.2) is 66.8 Å². The first-order valence-electron chi connectivity index (χ1n) is 11.2. The first-order chi connectivity index (χ1) is 15.5. The molecule has 0 saturated carbocycles. The SMILES string of the molecule is COC[C@@H]1C[C@H](Nc2nc(Nc3cc(C(N)=O)ccc3C)nc(N(C)CC(C)(C)C)n2)CN1. The smallest absolute Gasteiger partial charge is 0.248 e. The Bertz CT molecular complexity index is 975. The van der Waals surface area contributed by atoms with Gasteiger partial charge in [0.1, 0.15) is 0 Å². The van der Waals surface area contributed by atoms with Crippen molar-refractivity contribution in [2.75, 3.05) is 49.4 Å². The minimum Gasteiger partial charge on any atom is -0.383 e. The average molecular weight is 457 g/mol. The number of aromatic nitrogens is 3. The van der Waals surface area contributed by atoms with Crippen LogP contribution in [0.4, 0.5) is 23.5 Å². The summed E-state index contributed by atoms with van der Waals surface area (Å²) in [6.45, 7) is 10.7. The molecule has 1 aromatic heterocycles. The predicted molar refractivity (Wildman–Crippen MR) is 131 cm³/mol. The van der Waals surface area contributed by atoms with Crippen molar-refractivity contribution >= 4 is 29.4 Å². The second kappa shape index (κ2) is 10.3. The van der Waals surface area contributed by atoms with Gasteiger partial charge in [-0.25, -0.2) is 0 Å². The molecular weight excluding hydrogens is 420 g/mol. The number of carbonyl (C=O) groups excluding carboxylic acids is 1. The topological polar surface area (TPSA) is 130 Å². The zero-order valence-corrected chi connectivity index (χ0v) is 20.4. The molecule has 0 radical (unpaired) electrons. The third kappa shape index (κ3) is 7.00. The van der Waals surface area contributed by atoms with Gasteiger partial charge in [-0.05, 0) is 36.5 Å². The van der Waals surface area contributed by atoms with Crippen LogP contribution in [0.25, 0.3) is 0 Å². The molecule has 180 valence electrons. The minimum absolute atomic E-state index is 0.0672. The number of hydrogen-bond acceptors (Lipinski definition) is 9. The third-order valence-corrected chi connectivity index (χ3v) is 5.37. The molecule has 5 N–H and O–H groups in total. The van der Waals surface area contributed by atoms with Crippen molar-refractivity contribution in [3.8, 4) is 0 Å². The Hall–Kier alpha value is -2.98. The average Bonchev–Trinajstić information content (AvgIpc) is 3.15. The highest BCUT2D eigenvalue weighted by molar-refractivity contribution is 5.94. The van der Waals surface area contributed by atoms with Crippen LogP contribution >= 0.6 is 0 Å². The molecule has 1 aromatic carbocycles. The first kappa shape index (κ1) is 24.7. The lowest BCUT2D eigenvalue weighted by atomic mass is 9.96. The number of methoxy groups -OCH3 is 1.